The van der Waals surface area contributed by atoms with Crippen molar-refractivity contribution in [1.29, 1.82) is 0 Å². The zero-order valence-electron chi connectivity index (χ0n) is 11.9. The molecule has 0 radical (unpaired) electrons. The zero-order valence-corrected chi connectivity index (χ0v) is 12.7. The van der Waals surface area contributed by atoms with Crippen molar-refractivity contribution in [2.45, 2.75) is 37.9 Å². The first kappa shape index (κ1) is 15.5. The molecule has 1 amide bonds. The van der Waals surface area contributed by atoms with Gasteiger partial charge >= 0.3 is 6.09 Å². The van der Waals surface area contributed by atoms with E-state index < -0.39 is 40.3 Å². The van der Waals surface area contributed by atoms with Gasteiger partial charge in [-0.05, 0) is 13.8 Å². The number of piperidine rings is 1. The van der Waals surface area contributed by atoms with Crippen molar-refractivity contribution in [3.8, 4) is 0 Å². The summed E-state index contributed by atoms with van der Waals surface area (Å²) in [7, 11) is -2.41. The minimum absolute atomic E-state index is 0.0698. The summed E-state index contributed by atoms with van der Waals surface area (Å²) in [6.45, 7) is 3.79. The van der Waals surface area contributed by atoms with E-state index in [1.165, 1.54) is 12.0 Å². The molecule has 2 heterocycles. The molecule has 0 saturated carbocycles. The smallest absolute Gasteiger partial charge is 0.409 e. The zero-order chi connectivity index (χ0) is 15.1. The van der Waals surface area contributed by atoms with Crippen LogP contribution in [0.4, 0.5) is 4.79 Å². The first-order valence-electron chi connectivity index (χ1n) is 6.18. The van der Waals surface area contributed by atoms with Crippen LogP contribution in [0.2, 0.25) is 0 Å². The highest BCUT2D eigenvalue weighted by Gasteiger charge is 2.51. The highest BCUT2D eigenvalue weighted by Crippen LogP contribution is 2.34. The van der Waals surface area contributed by atoms with Crippen LogP contribution in [0.5, 0.6) is 0 Å². The third-order valence-corrected chi connectivity index (χ3v) is 3.72. The van der Waals surface area contributed by atoms with E-state index in [1.54, 1.807) is 13.8 Å². The summed E-state index contributed by atoms with van der Waals surface area (Å²) < 4.78 is 43.7. The Hall–Kier alpha value is -0.900. The van der Waals surface area contributed by atoms with Gasteiger partial charge in [0.05, 0.1) is 26.5 Å². The summed E-state index contributed by atoms with van der Waals surface area (Å²) >= 11 is 0. The number of amides is 1. The second-order valence-electron chi connectivity index (χ2n) is 5.35. The molecular weight excluding hydrogens is 290 g/mol. The molecule has 0 aromatic carbocycles. The lowest BCUT2D eigenvalue weighted by Gasteiger charge is -2.36. The molecule has 0 spiro atoms. The molecule has 0 N–H and O–H groups in total. The SMILES string of the molecule is COC(=O)N1CC2OC(C)(C)OC2C(OS(C)(=O)=O)C1. The number of carbonyl (C=O) groups is 1. The molecular formula is C11H19NO7S. The Morgan fingerprint density at radius 1 is 1.30 bits per heavy atom. The maximum absolute atomic E-state index is 11.6. The highest BCUT2D eigenvalue weighted by molar-refractivity contribution is 7.86. The number of nitrogens with zero attached hydrogens (tertiary/aromatic N) is 1. The second kappa shape index (κ2) is 5.14. The van der Waals surface area contributed by atoms with E-state index in [0.717, 1.165) is 6.26 Å². The van der Waals surface area contributed by atoms with E-state index in [2.05, 4.69) is 4.74 Å². The Kier molecular flexibility index (Phi) is 3.98. The van der Waals surface area contributed by atoms with Crippen LogP contribution in [0, 0.1) is 0 Å². The first-order valence-corrected chi connectivity index (χ1v) is 8.00. The number of fused-ring (bicyclic) bond motifs is 1. The lowest BCUT2D eigenvalue weighted by Crippen LogP contribution is -2.56. The van der Waals surface area contributed by atoms with Gasteiger partial charge in [-0.1, -0.05) is 0 Å². The van der Waals surface area contributed by atoms with Gasteiger partial charge in [0, 0.05) is 0 Å². The average Bonchev–Trinajstić information content (AvgIpc) is 2.60. The molecule has 2 rings (SSSR count). The molecule has 2 saturated heterocycles. The van der Waals surface area contributed by atoms with Gasteiger partial charge in [0.1, 0.15) is 18.3 Å². The van der Waals surface area contributed by atoms with Crippen LogP contribution >= 0.6 is 0 Å². The molecule has 2 fully saturated rings. The fourth-order valence-electron chi connectivity index (χ4n) is 2.52. The summed E-state index contributed by atoms with van der Waals surface area (Å²) in [6.07, 6.45) is -1.41. The predicted octanol–water partition coefficient (Wildman–Crippen LogP) is -0.0667. The van der Waals surface area contributed by atoms with Crippen LogP contribution in [0.15, 0.2) is 0 Å². The van der Waals surface area contributed by atoms with Crippen molar-refractivity contribution in [1.82, 2.24) is 4.90 Å². The number of rotatable bonds is 2. The topological polar surface area (TPSA) is 91.4 Å². The van der Waals surface area contributed by atoms with Gasteiger partial charge in [0.25, 0.3) is 10.1 Å². The number of carbonyl (C=O) groups excluding carboxylic acids is 1. The highest BCUT2D eigenvalue weighted by atomic mass is 32.2. The molecule has 3 unspecified atom stereocenters. The van der Waals surface area contributed by atoms with Crippen LogP contribution in [0.3, 0.4) is 0 Å². The number of hydrogen-bond acceptors (Lipinski definition) is 7. The average molecular weight is 309 g/mol. The van der Waals surface area contributed by atoms with Gasteiger partial charge in [-0.25, -0.2) is 4.79 Å². The minimum atomic E-state index is -3.67. The molecule has 0 bridgehead atoms. The molecule has 20 heavy (non-hydrogen) atoms. The van der Waals surface area contributed by atoms with Crippen LogP contribution < -0.4 is 0 Å². The molecule has 0 aromatic rings. The number of hydrogen-bond donors (Lipinski definition) is 0. The van der Waals surface area contributed by atoms with Gasteiger partial charge in [-0.3, -0.25) is 4.18 Å². The number of ether oxygens (including phenoxy) is 3. The molecule has 0 aliphatic carbocycles. The quantitative estimate of drug-likeness (QED) is 0.659. The van der Waals surface area contributed by atoms with E-state index in [9.17, 15) is 13.2 Å². The molecule has 3 atom stereocenters. The summed E-state index contributed by atoms with van der Waals surface area (Å²) in [5, 5.41) is 0. The van der Waals surface area contributed by atoms with Crippen LogP contribution in [-0.4, -0.2) is 70.0 Å². The normalized spacial score (nSPS) is 32.8. The van der Waals surface area contributed by atoms with E-state index in [-0.39, 0.29) is 13.1 Å². The Morgan fingerprint density at radius 2 is 1.95 bits per heavy atom. The Labute approximate surface area is 118 Å². The summed E-state index contributed by atoms with van der Waals surface area (Å²) in [6, 6.07) is 0. The van der Waals surface area contributed by atoms with E-state index >= 15 is 0 Å². The van der Waals surface area contributed by atoms with Crippen molar-refractivity contribution in [2.24, 2.45) is 0 Å². The largest absolute Gasteiger partial charge is 0.453 e. The molecule has 8 nitrogen and oxygen atoms in total. The van der Waals surface area contributed by atoms with Crippen molar-refractivity contribution in [3.63, 3.8) is 0 Å². The third-order valence-electron chi connectivity index (χ3n) is 3.12. The predicted molar refractivity (Wildman–Crippen MR) is 67.5 cm³/mol. The third kappa shape index (κ3) is 3.40. The second-order valence-corrected chi connectivity index (χ2v) is 6.95. The fourth-order valence-corrected chi connectivity index (χ4v) is 3.14. The van der Waals surface area contributed by atoms with Crippen LogP contribution in [-0.2, 0) is 28.5 Å². The summed E-state index contributed by atoms with van der Waals surface area (Å²) in [5.74, 6) is -0.847. The monoisotopic (exact) mass is 309 g/mol. The Bertz CT molecular complexity index is 489. The van der Waals surface area contributed by atoms with Crippen LogP contribution in [0.1, 0.15) is 13.8 Å². The maximum Gasteiger partial charge on any atom is 0.409 e. The lowest BCUT2D eigenvalue weighted by molar-refractivity contribution is -0.150. The maximum atomic E-state index is 11.6. The Morgan fingerprint density at radius 3 is 2.50 bits per heavy atom. The van der Waals surface area contributed by atoms with Crippen molar-refractivity contribution < 1.29 is 31.6 Å². The van der Waals surface area contributed by atoms with Crippen molar-refractivity contribution >= 4 is 16.2 Å². The molecule has 0 aromatic heterocycles. The molecule has 2 aliphatic heterocycles. The standard InChI is InChI=1S/C11H19NO7S/c1-11(2)17-7-5-12(10(13)16-3)6-8(9(7)18-11)19-20(4,14)15/h7-9H,5-6H2,1-4H3. The molecule has 9 heteroatoms. The van der Waals surface area contributed by atoms with Gasteiger partial charge in [-0.15, -0.1) is 0 Å². The fraction of sp³-hybridized carbons (Fsp3) is 0.909. The van der Waals surface area contributed by atoms with Crippen LogP contribution in [0.25, 0.3) is 0 Å². The summed E-state index contributed by atoms with van der Waals surface area (Å²) in [4.78, 5) is 13.0. The Balaban J connectivity index is 2.20. The lowest BCUT2D eigenvalue weighted by atomic mass is 10.0. The van der Waals surface area contributed by atoms with E-state index in [1.807, 2.05) is 0 Å². The van der Waals surface area contributed by atoms with E-state index in [4.69, 9.17) is 13.7 Å². The van der Waals surface area contributed by atoms with Gasteiger partial charge in [-0.2, -0.15) is 8.42 Å². The minimum Gasteiger partial charge on any atom is -0.453 e. The summed E-state index contributed by atoms with van der Waals surface area (Å²) in [5.41, 5.74) is 0. The van der Waals surface area contributed by atoms with Crippen molar-refractivity contribution in [2.75, 3.05) is 26.5 Å². The molecule has 2 aliphatic rings. The first-order chi connectivity index (χ1) is 9.11. The number of likely N-dealkylation sites (tertiary alicyclic amines) is 1. The van der Waals surface area contributed by atoms with Crippen molar-refractivity contribution in [3.05, 3.63) is 0 Å². The van der Waals surface area contributed by atoms with E-state index in [0.29, 0.717) is 0 Å². The van der Waals surface area contributed by atoms with Gasteiger partial charge < -0.3 is 19.1 Å². The van der Waals surface area contributed by atoms with Gasteiger partial charge in [0.2, 0.25) is 0 Å². The molecule has 116 valence electrons. The number of methoxy groups -OCH3 is 1. The van der Waals surface area contributed by atoms with Gasteiger partial charge in [0.15, 0.2) is 5.79 Å².